The molecule has 1 aromatic rings. The van der Waals surface area contributed by atoms with E-state index >= 15 is 0 Å². The van der Waals surface area contributed by atoms with Crippen LogP contribution in [0.4, 0.5) is 5.69 Å². The number of carbonyl (C=O) groups is 3. The molecule has 1 heterocycles. The van der Waals surface area contributed by atoms with Crippen LogP contribution in [0, 0.1) is 5.92 Å². The fourth-order valence-electron chi connectivity index (χ4n) is 2.04. The molecule has 0 aliphatic carbocycles. The largest absolute Gasteiger partial charge is 0.478 e. The van der Waals surface area contributed by atoms with Gasteiger partial charge < -0.3 is 15.7 Å². The SMILES string of the molecule is O=C1CCC(C(=O)Nc2cccc(Cl)c2C(=O)O)CN1. The summed E-state index contributed by atoms with van der Waals surface area (Å²) in [5.74, 6) is -1.98. The third-order valence-corrected chi connectivity index (χ3v) is 3.44. The van der Waals surface area contributed by atoms with E-state index in [1.807, 2.05) is 0 Å². The van der Waals surface area contributed by atoms with Crippen molar-refractivity contribution in [3.8, 4) is 0 Å². The Morgan fingerprint density at radius 3 is 2.75 bits per heavy atom. The van der Waals surface area contributed by atoms with Crippen molar-refractivity contribution < 1.29 is 19.5 Å². The fraction of sp³-hybridized carbons (Fsp3) is 0.308. The molecule has 1 aromatic carbocycles. The topological polar surface area (TPSA) is 95.5 Å². The molecule has 0 saturated carbocycles. The zero-order valence-corrected chi connectivity index (χ0v) is 11.2. The Balaban J connectivity index is 2.14. The Hall–Kier alpha value is -2.08. The minimum absolute atomic E-state index is 0.0623. The molecule has 1 unspecified atom stereocenters. The van der Waals surface area contributed by atoms with Crippen LogP contribution in [0.5, 0.6) is 0 Å². The first kappa shape index (κ1) is 14.3. The van der Waals surface area contributed by atoms with E-state index in [0.29, 0.717) is 12.8 Å². The number of rotatable bonds is 3. The molecule has 3 N–H and O–H groups in total. The number of aromatic carboxylic acids is 1. The predicted octanol–water partition coefficient (Wildman–Crippen LogP) is 1.50. The Kier molecular flexibility index (Phi) is 4.24. The quantitative estimate of drug-likeness (QED) is 0.787. The van der Waals surface area contributed by atoms with E-state index in [1.54, 1.807) is 6.07 Å². The number of carbonyl (C=O) groups excluding carboxylic acids is 2. The van der Waals surface area contributed by atoms with Gasteiger partial charge in [0, 0.05) is 13.0 Å². The average Bonchev–Trinajstić information content (AvgIpc) is 2.39. The number of hydrogen-bond donors (Lipinski definition) is 3. The average molecular weight is 297 g/mol. The van der Waals surface area contributed by atoms with Crippen LogP contribution >= 0.6 is 11.6 Å². The first-order valence-corrected chi connectivity index (χ1v) is 6.46. The number of anilines is 1. The molecule has 1 atom stereocenters. The zero-order valence-electron chi connectivity index (χ0n) is 10.5. The monoisotopic (exact) mass is 296 g/mol. The van der Waals surface area contributed by atoms with E-state index in [4.69, 9.17) is 16.7 Å². The van der Waals surface area contributed by atoms with Crippen molar-refractivity contribution in [2.75, 3.05) is 11.9 Å². The maximum atomic E-state index is 12.1. The van der Waals surface area contributed by atoms with Crippen LogP contribution in [-0.2, 0) is 9.59 Å². The molecule has 7 heteroatoms. The summed E-state index contributed by atoms with van der Waals surface area (Å²) in [4.78, 5) is 34.3. The summed E-state index contributed by atoms with van der Waals surface area (Å²) in [5.41, 5.74) is 0.0225. The van der Waals surface area contributed by atoms with Crippen molar-refractivity contribution in [1.82, 2.24) is 5.32 Å². The van der Waals surface area contributed by atoms with E-state index in [0.717, 1.165) is 0 Å². The van der Waals surface area contributed by atoms with E-state index in [9.17, 15) is 14.4 Å². The third kappa shape index (κ3) is 3.08. The van der Waals surface area contributed by atoms with Gasteiger partial charge in [-0.15, -0.1) is 0 Å². The van der Waals surface area contributed by atoms with E-state index in [1.165, 1.54) is 12.1 Å². The Labute approximate surface area is 120 Å². The molecule has 0 aromatic heterocycles. The van der Waals surface area contributed by atoms with Crippen molar-refractivity contribution >= 4 is 35.1 Å². The lowest BCUT2D eigenvalue weighted by atomic mass is 9.98. The van der Waals surface area contributed by atoms with Crippen LogP contribution in [-0.4, -0.2) is 29.4 Å². The molecule has 6 nitrogen and oxygen atoms in total. The Morgan fingerprint density at radius 2 is 2.15 bits per heavy atom. The van der Waals surface area contributed by atoms with Gasteiger partial charge in [0.2, 0.25) is 11.8 Å². The van der Waals surface area contributed by atoms with E-state index < -0.39 is 5.97 Å². The van der Waals surface area contributed by atoms with Gasteiger partial charge >= 0.3 is 5.97 Å². The van der Waals surface area contributed by atoms with Crippen LogP contribution in [0.15, 0.2) is 18.2 Å². The number of hydrogen-bond acceptors (Lipinski definition) is 3. The van der Waals surface area contributed by atoms with Crippen LogP contribution in [0.25, 0.3) is 0 Å². The van der Waals surface area contributed by atoms with Crippen LogP contribution in [0.3, 0.4) is 0 Å². The minimum atomic E-state index is -1.21. The van der Waals surface area contributed by atoms with Crippen molar-refractivity contribution in [2.24, 2.45) is 5.92 Å². The first-order valence-electron chi connectivity index (χ1n) is 6.08. The summed E-state index contributed by atoms with van der Waals surface area (Å²) in [6, 6.07) is 4.49. The number of benzene rings is 1. The van der Waals surface area contributed by atoms with Gasteiger partial charge in [-0.3, -0.25) is 9.59 Å². The van der Waals surface area contributed by atoms with Gasteiger partial charge in [0.25, 0.3) is 0 Å². The number of carboxylic acid groups (broad SMARTS) is 1. The van der Waals surface area contributed by atoms with E-state index in [-0.39, 0.29) is 40.6 Å². The second-order valence-corrected chi connectivity index (χ2v) is 4.90. The summed E-state index contributed by atoms with van der Waals surface area (Å²) < 4.78 is 0. The van der Waals surface area contributed by atoms with Gasteiger partial charge in [0.1, 0.15) is 5.56 Å². The lowest BCUT2D eigenvalue weighted by molar-refractivity contribution is -0.126. The summed E-state index contributed by atoms with van der Waals surface area (Å²) in [6.45, 7) is 0.258. The Morgan fingerprint density at radius 1 is 1.40 bits per heavy atom. The number of nitrogens with one attached hydrogen (secondary N) is 2. The normalized spacial score (nSPS) is 18.2. The molecule has 0 bridgehead atoms. The second kappa shape index (κ2) is 5.92. The zero-order chi connectivity index (χ0) is 14.7. The van der Waals surface area contributed by atoms with E-state index in [2.05, 4.69) is 10.6 Å². The highest BCUT2D eigenvalue weighted by Crippen LogP contribution is 2.25. The molecule has 1 aliphatic heterocycles. The summed E-state index contributed by atoms with van der Waals surface area (Å²) >= 11 is 5.82. The van der Waals surface area contributed by atoms with Gasteiger partial charge in [0.15, 0.2) is 0 Å². The van der Waals surface area contributed by atoms with Crippen LogP contribution in [0.2, 0.25) is 5.02 Å². The first-order chi connectivity index (χ1) is 9.49. The highest BCUT2D eigenvalue weighted by molar-refractivity contribution is 6.34. The molecule has 0 radical (unpaired) electrons. The fourth-order valence-corrected chi connectivity index (χ4v) is 2.29. The number of piperidine rings is 1. The van der Waals surface area contributed by atoms with Crippen molar-refractivity contribution in [3.05, 3.63) is 28.8 Å². The molecule has 1 aliphatic rings. The Bertz CT molecular complexity index is 563. The lowest BCUT2D eigenvalue weighted by Gasteiger charge is -2.22. The van der Waals surface area contributed by atoms with Gasteiger partial charge in [-0.1, -0.05) is 17.7 Å². The van der Waals surface area contributed by atoms with Crippen LogP contribution in [0.1, 0.15) is 23.2 Å². The molecule has 0 spiro atoms. The van der Waals surface area contributed by atoms with Crippen molar-refractivity contribution in [1.29, 1.82) is 0 Å². The number of amides is 2. The number of halogens is 1. The van der Waals surface area contributed by atoms with Crippen molar-refractivity contribution in [3.63, 3.8) is 0 Å². The smallest absolute Gasteiger partial charge is 0.339 e. The summed E-state index contributed by atoms with van der Waals surface area (Å²) in [6.07, 6.45) is 0.736. The minimum Gasteiger partial charge on any atom is -0.478 e. The highest BCUT2D eigenvalue weighted by Gasteiger charge is 2.25. The molecular formula is C13H13ClN2O4. The van der Waals surface area contributed by atoms with Gasteiger partial charge in [-0.25, -0.2) is 4.79 Å². The number of carboxylic acids is 1. The molecule has 106 valence electrons. The molecule has 20 heavy (non-hydrogen) atoms. The molecule has 2 amide bonds. The molecular weight excluding hydrogens is 284 g/mol. The molecule has 1 saturated heterocycles. The standard InChI is InChI=1S/C13H13ClN2O4/c14-8-2-1-3-9(11(8)13(19)20)16-12(18)7-4-5-10(17)15-6-7/h1-3,7H,4-6H2,(H,15,17)(H,16,18)(H,19,20). The lowest BCUT2D eigenvalue weighted by Crippen LogP contribution is -2.40. The van der Waals surface area contributed by atoms with Gasteiger partial charge in [-0.2, -0.15) is 0 Å². The third-order valence-electron chi connectivity index (χ3n) is 3.12. The van der Waals surface area contributed by atoms with Gasteiger partial charge in [0.05, 0.1) is 16.6 Å². The summed E-state index contributed by atoms with van der Waals surface area (Å²) in [7, 11) is 0. The van der Waals surface area contributed by atoms with Crippen molar-refractivity contribution in [2.45, 2.75) is 12.8 Å². The molecule has 2 rings (SSSR count). The second-order valence-electron chi connectivity index (χ2n) is 4.50. The maximum Gasteiger partial charge on any atom is 0.339 e. The highest BCUT2D eigenvalue weighted by atomic mass is 35.5. The van der Waals surface area contributed by atoms with Crippen LogP contribution < -0.4 is 10.6 Å². The predicted molar refractivity (Wildman–Crippen MR) is 72.8 cm³/mol. The maximum absolute atomic E-state index is 12.1. The molecule has 1 fully saturated rings. The van der Waals surface area contributed by atoms with Gasteiger partial charge in [-0.05, 0) is 18.6 Å². The summed E-state index contributed by atoms with van der Waals surface area (Å²) in [5, 5.41) is 14.3.